The molecule has 1 fully saturated rings. The first-order valence-electron chi connectivity index (χ1n) is 8.91. The molecule has 0 unspecified atom stereocenters. The first kappa shape index (κ1) is 16.2. The molecule has 1 saturated heterocycles. The summed E-state index contributed by atoms with van der Waals surface area (Å²) in [7, 11) is 0. The van der Waals surface area contributed by atoms with Gasteiger partial charge in [-0.3, -0.25) is 14.5 Å². The van der Waals surface area contributed by atoms with Gasteiger partial charge in [0.25, 0.3) is 5.78 Å². The molecule has 0 spiro atoms. The van der Waals surface area contributed by atoms with E-state index in [2.05, 4.69) is 13.8 Å². The maximum atomic E-state index is 12.4. The molecule has 0 aliphatic carbocycles. The average Bonchev–Trinajstić information content (AvgIpc) is 2.74. The highest BCUT2D eigenvalue weighted by atomic mass is 16.2. The minimum atomic E-state index is -0.351. The zero-order chi connectivity index (χ0) is 16.4. The standard InChI is InChI=1S/C19H26N2O2/c1-14(2)15-8-9-17-16(12-15)18(22)19(23)21(17)13-20-10-6-4-3-5-7-11-20/h8-9,12,14H,3-7,10-11,13H2,1-2H3/p+1. The molecule has 4 heteroatoms. The second-order valence-electron chi connectivity index (χ2n) is 7.17. The quantitative estimate of drug-likeness (QED) is 0.869. The normalized spacial score (nSPS) is 19.9. The van der Waals surface area contributed by atoms with E-state index in [1.54, 1.807) is 4.90 Å². The number of hydrogen-bond acceptors (Lipinski definition) is 2. The van der Waals surface area contributed by atoms with Crippen LogP contribution >= 0.6 is 0 Å². The summed E-state index contributed by atoms with van der Waals surface area (Å²) in [5.41, 5.74) is 2.51. The van der Waals surface area contributed by atoms with Crippen LogP contribution in [0.1, 0.15) is 67.8 Å². The smallest absolute Gasteiger partial charge is 0.303 e. The number of rotatable bonds is 3. The van der Waals surface area contributed by atoms with Crippen molar-refractivity contribution in [2.75, 3.05) is 24.7 Å². The number of anilines is 1. The Morgan fingerprint density at radius 1 is 1.04 bits per heavy atom. The number of Topliss-reactive ketones (excluding diaryl/α,β-unsaturated/α-hetero) is 1. The molecule has 2 aliphatic heterocycles. The number of quaternary nitrogens is 1. The summed E-state index contributed by atoms with van der Waals surface area (Å²) >= 11 is 0. The van der Waals surface area contributed by atoms with Gasteiger partial charge in [0.2, 0.25) is 0 Å². The van der Waals surface area contributed by atoms with Crippen molar-refractivity contribution in [3.8, 4) is 0 Å². The molecule has 0 radical (unpaired) electrons. The third-order valence-electron chi connectivity index (χ3n) is 5.10. The third kappa shape index (κ3) is 3.32. The highest BCUT2D eigenvalue weighted by Crippen LogP contribution is 2.31. The van der Waals surface area contributed by atoms with E-state index in [-0.39, 0.29) is 11.7 Å². The molecule has 3 rings (SSSR count). The number of benzene rings is 1. The summed E-state index contributed by atoms with van der Waals surface area (Å²) in [6.45, 7) is 7.02. The van der Waals surface area contributed by atoms with Gasteiger partial charge in [-0.2, -0.15) is 0 Å². The van der Waals surface area contributed by atoms with E-state index < -0.39 is 0 Å². The summed E-state index contributed by atoms with van der Waals surface area (Å²) in [5, 5.41) is 0. The topological polar surface area (TPSA) is 41.8 Å². The predicted molar refractivity (Wildman–Crippen MR) is 91.0 cm³/mol. The molecule has 4 nitrogen and oxygen atoms in total. The van der Waals surface area contributed by atoms with Crippen LogP contribution in [-0.2, 0) is 4.79 Å². The molecule has 0 atom stereocenters. The second-order valence-corrected chi connectivity index (χ2v) is 7.17. The van der Waals surface area contributed by atoms with Crippen molar-refractivity contribution in [3.05, 3.63) is 29.3 Å². The van der Waals surface area contributed by atoms with Crippen molar-refractivity contribution in [3.63, 3.8) is 0 Å². The van der Waals surface area contributed by atoms with Gasteiger partial charge in [-0.15, -0.1) is 0 Å². The van der Waals surface area contributed by atoms with Gasteiger partial charge in [0, 0.05) is 0 Å². The Kier molecular flexibility index (Phi) is 4.81. The summed E-state index contributed by atoms with van der Waals surface area (Å²) in [4.78, 5) is 27.9. The lowest BCUT2D eigenvalue weighted by Crippen LogP contribution is -3.13. The van der Waals surface area contributed by atoms with E-state index in [1.807, 2.05) is 18.2 Å². The maximum absolute atomic E-state index is 12.4. The van der Waals surface area contributed by atoms with Crippen LogP contribution in [0, 0.1) is 0 Å². The first-order valence-corrected chi connectivity index (χ1v) is 8.91. The van der Waals surface area contributed by atoms with Gasteiger partial charge in [0.05, 0.1) is 24.3 Å². The molecule has 0 aromatic heterocycles. The molecule has 1 amide bonds. The van der Waals surface area contributed by atoms with Crippen molar-refractivity contribution in [1.82, 2.24) is 0 Å². The molecule has 2 aliphatic rings. The Balaban J connectivity index is 1.81. The van der Waals surface area contributed by atoms with Crippen LogP contribution in [0.15, 0.2) is 18.2 Å². The fourth-order valence-electron chi connectivity index (χ4n) is 3.62. The summed E-state index contributed by atoms with van der Waals surface area (Å²) in [6.07, 6.45) is 6.32. The average molecular weight is 315 g/mol. The lowest BCUT2D eigenvalue weighted by atomic mass is 9.99. The van der Waals surface area contributed by atoms with Crippen molar-refractivity contribution in [2.45, 2.75) is 51.9 Å². The number of likely N-dealkylation sites (tertiary alicyclic amines) is 1. The number of amides is 1. The molecule has 1 N–H and O–H groups in total. The van der Waals surface area contributed by atoms with Crippen LogP contribution in [-0.4, -0.2) is 31.4 Å². The lowest BCUT2D eigenvalue weighted by Gasteiger charge is -2.26. The van der Waals surface area contributed by atoms with Gasteiger partial charge in [0.1, 0.15) is 0 Å². The molecule has 0 saturated carbocycles. The molecule has 124 valence electrons. The fraction of sp³-hybridized carbons (Fsp3) is 0.579. The van der Waals surface area contributed by atoms with E-state index >= 15 is 0 Å². The molecular formula is C19H27N2O2+. The van der Waals surface area contributed by atoms with Crippen molar-refractivity contribution >= 4 is 17.4 Å². The van der Waals surface area contributed by atoms with Gasteiger partial charge < -0.3 is 4.90 Å². The molecule has 1 aromatic carbocycles. The Labute approximate surface area is 138 Å². The van der Waals surface area contributed by atoms with E-state index in [0.717, 1.165) is 24.3 Å². The highest BCUT2D eigenvalue weighted by molar-refractivity contribution is 6.52. The summed E-state index contributed by atoms with van der Waals surface area (Å²) in [6, 6.07) is 5.91. The van der Waals surface area contributed by atoms with Gasteiger partial charge in [-0.1, -0.05) is 26.3 Å². The molecule has 0 bridgehead atoms. The van der Waals surface area contributed by atoms with Gasteiger partial charge in [-0.05, 0) is 49.3 Å². The molecular weight excluding hydrogens is 288 g/mol. The number of fused-ring (bicyclic) bond motifs is 1. The Bertz CT molecular complexity index is 601. The van der Waals surface area contributed by atoms with E-state index in [0.29, 0.717) is 18.2 Å². The van der Waals surface area contributed by atoms with Crippen LogP contribution in [0.3, 0.4) is 0 Å². The van der Waals surface area contributed by atoms with Crippen LogP contribution in [0.5, 0.6) is 0 Å². The highest BCUT2D eigenvalue weighted by Gasteiger charge is 2.38. The SMILES string of the molecule is CC(C)c1ccc2c(c1)C(=O)C(=O)N2C[NH+]1CCCCCCC1. The second kappa shape index (κ2) is 6.83. The first-order chi connectivity index (χ1) is 11.1. The Hall–Kier alpha value is -1.68. The number of nitrogens with zero attached hydrogens (tertiary/aromatic N) is 1. The van der Waals surface area contributed by atoms with Crippen LogP contribution in [0.25, 0.3) is 0 Å². The van der Waals surface area contributed by atoms with Gasteiger partial charge in [-0.25, -0.2) is 0 Å². The van der Waals surface area contributed by atoms with Gasteiger partial charge in [0.15, 0.2) is 6.67 Å². The van der Waals surface area contributed by atoms with Crippen LogP contribution in [0.4, 0.5) is 5.69 Å². The molecule has 2 heterocycles. The minimum absolute atomic E-state index is 0.339. The van der Waals surface area contributed by atoms with Crippen molar-refractivity contribution < 1.29 is 14.5 Å². The Morgan fingerprint density at radius 2 is 1.70 bits per heavy atom. The summed E-state index contributed by atoms with van der Waals surface area (Å²) in [5.74, 6) is -0.332. The zero-order valence-electron chi connectivity index (χ0n) is 14.2. The van der Waals surface area contributed by atoms with Crippen molar-refractivity contribution in [2.24, 2.45) is 0 Å². The van der Waals surface area contributed by atoms with Crippen LogP contribution < -0.4 is 9.80 Å². The number of carbonyl (C=O) groups is 2. The zero-order valence-corrected chi connectivity index (χ0v) is 14.2. The van der Waals surface area contributed by atoms with E-state index in [9.17, 15) is 9.59 Å². The number of hydrogen-bond donors (Lipinski definition) is 1. The fourth-order valence-corrected chi connectivity index (χ4v) is 3.62. The Morgan fingerprint density at radius 3 is 2.35 bits per heavy atom. The number of nitrogens with one attached hydrogen (secondary N) is 1. The third-order valence-corrected chi connectivity index (χ3v) is 5.10. The number of carbonyl (C=O) groups excluding carboxylic acids is 2. The van der Waals surface area contributed by atoms with Gasteiger partial charge >= 0.3 is 5.91 Å². The van der Waals surface area contributed by atoms with E-state index in [4.69, 9.17) is 0 Å². The lowest BCUT2D eigenvalue weighted by molar-refractivity contribution is -0.899. The molecule has 23 heavy (non-hydrogen) atoms. The summed E-state index contributed by atoms with van der Waals surface area (Å²) < 4.78 is 0. The molecule has 1 aromatic rings. The number of ketones is 1. The van der Waals surface area contributed by atoms with Crippen molar-refractivity contribution in [1.29, 1.82) is 0 Å². The predicted octanol–water partition coefficient (Wildman–Crippen LogP) is 2.15. The van der Waals surface area contributed by atoms with Crippen LogP contribution in [0.2, 0.25) is 0 Å². The van der Waals surface area contributed by atoms with E-state index in [1.165, 1.54) is 37.0 Å². The monoisotopic (exact) mass is 315 g/mol. The maximum Gasteiger partial charge on any atom is 0.303 e. The minimum Gasteiger partial charge on any atom is -0.317 e. The largest absolute Gasteiger partial charge is 0.317 e.